The summed E-state index contributed by atoms with van der Waals surface area (Å²) in [5.74, 6) is 0.381. The van der Waals surface area contributed by atoms with E-state index in [0.29, 0.717) is 18.0 Å². The molecule has 5 nitrogen and oxygen atoms in total. The topological polar surface area (TPSA) is 75.4 Å². The molecule has 0 aliphatic rings. The van der Waals surface area contributed by atoms with Crippen LogP contribution in [-0.2, 0) is 11.2 Å². The smallest absolute Gasteiger partial charge is 0.236 e. The summed E-state index contributed by atoms with van der Waals surface area (Å²) >= 11 is 1.54. The summed E-state index contributed by atoms with van der Waals surface area (Å²) in [5, 5.41) is 14.1. The van der Waals surface area contributed by atoms with E-state index in [9.17, 15) is 9.90 Å². The summed E-state index contributed by atoms with van der Waals surface area (Å²) in [6, 6.07) is 13.3. The van der Waals surface area contributed by atoms with Crippen molar-refractivity contribution in [2.45, 2.75) is 18.9 Å². The summed E-state index contributed by atoms with van der Waals surface area (Å²) < 4.78 is 5.43. The van der Waals surface area contributed by atoms with E-state index in [1.54, 1.807) is 0 Å². The van der Waals surface area contributed by atoms with E-state index in [-0.39, 0.29) is 25.0 Å². The minimum absolute atomic E-state index is 0.00628. The molecule has 0 spiro atoms. The molecule has 1 aromatic carbocycles. The number of aromatic nitrogens is 1. The van der Waals surface area contributed by atoms with Gasteiger partial charge in [-0.05, 0) is 23.4 Å². The van der Waals surface area contributed by atoms with Crippen molar-refractivity contribution >= 4 is 17.2 Å². The molecule has 1 amide bonds. The molecule has 0 radical (unpaired) electrons. The average Bonchev–Trinajstić information content (AvgIpc) is 3.26. The first-order valence-corrected chi connectivity index (χ1v) is 8.57. The quantitative estimate of drug-likeness (QED) is 0.691. The Bertz CT molecular complexity index is 769. The Morgan fingerprint density at radius 2 is 2.08 bits per heavy atom. The molecular formula is C18H18N2O3S. The van der Waals surface area contributed by atoms with Crippen molar-refractivity contribution in [2.75, 3.05) is 6.61 Å². The van der Waals surface area contributed by atoms with Gasteiger partial charge >= 0.3 is 0 Å². The Morgan fingerprint density at radius 1 is 1.25 bits per heavy atom. The number of carbonyl (C=O) groups is 1. The van der Waals surface area contributed by atoms with Crippen LogP contribution < -0.4 is 5.32 Å². The van der Waals surface area contributed by atoms with Crippen LogP contribution in [0.1, 0.15) is 23.7 Å². The second kappa shape index (κ2) is 7.90. The number of rotatable bonds is 7. The summed E-state index contributed by atoms with van der Waals surface area (Å²) in [5.41, 5.74) is 1.56. The molecular weight excluding hydrogens is 324 g/mol. The monoisotopic (exact) mass is 342 g/mol. The summed E-state index contributed by atoms with van der Waals surface area (Å²) in [7, 11) is 0. The Balaban J connectivity index is 1.64. The molecule has 0 fully saturated rings. The number of oxazole rings is 1. The predicted octanol–water partition coefficient (Wildman–Crippen LogP) is 3.19. The van der Waals surface area contributed by atoms with Crippen LogP contribution in [0, 0.1) is 0 Å². The summed E-state index contributed by atoms with van der Waals surface area (Å²) in [6.07, 6.45) is 2.12. The third-order valence-corrected chi connectivity index (χ3v) is 4.44. The number of thiophene rings is 1. The van der Waals surface area contributed by atoms with Crippen LogP contribution in [0.2, 0.25) is 0 Å². The maximum atomic E-state index is 12.3. The molecule has 124 valence electrons. The van der Waals surface area contributed by atoms with Crippen LogP contribution in [-0.4, -0.2) is 22.6 Å². The van der Waals surface area contributed by atoms with Crippen LogP contribution in [0.15, 0.2) is 58.5 Å². The maximum absolute atomic E-state index is 12.3. The second-order valence-electron chi connectivity index (χ2n) is 5.34. The number of aliphatic hydroxyl groups is 1. The lowest BCUT2D eigenvalue weighted by molar-refractivity contribution is -0.121. The minimum Gasteiger partial charge on any atom is -0.444 e. The van der Waals surface area contributed by atoms with E-state index in [0.717, 1.165) is 10.4 Å². The number of amides is 1. The lowest BCUT2D eigenvalue weighted by Gasteiger charge is -2.18. The number of hydrogen-bond donors (Lipinski definition) is 2. The predicted molar refractivity (Wildman–Crippen MR) is 92.5 cm³/mol. The van der Waals surface area contributed by atoms with Gasteiger partial charge in [0.1, 0.15) is 6.26 Å². The standard InChI is InChI=1S/C18H18N2O3S/c21-9-8-15(13-5-2-1-3-6-13)20-17(22)11-14-12-23-18(19-14)16-7-4-10-24-16/h1-7,10,12,15,21H,8-9,11H2,(H,20,22). The maximum Gasteiger partial charge on any atom is 0.236 e. The van der Waals surface area contributed by atoms with Crippen LogP contribution in [0.4, 0.5) is 0 Å². The second-order valence-corrected chi connectivity index (χ2v) is 6.29. The number of nitrogens with one attached hydrogen (secondary N) is 1. The van der Waals surface area contributed by atoms with Gasteiger partial charge in [-0.3, -0.25) is 4.79 Å². The number of nitrogens with zero attached hydrogens (tertiary/aromatic N) is 1. The molecule has 0 bridgehead atoms. The fraction of sp³-hybridized carbons (Fsp3) is 0.222. The molecule has 0 aliphatic carbocycles. The molecule has 2 N–H and O–H groups in total. The number of carbonyl (C=O) groups excluding carboxylic acids is 1. The Kier molecular flexibility index (Phi) is 5.40. The van der Waals surface area contributed by atoms with Gasteiger partial charge in [0.05, 0.1) is 23.0 Å². The van der Waals surface area contributed by atoms with Gasteiger partial charge in [0, 0.05) is 6.61 Å². The first-order valence-electron chi connectivity index (χ1n) is 7.69. The zero-order valence-corrected chi connectivity index (χ0v) is 13.8. The number of aliphatic hydroxyl groups excluding tert-OH is 1. The first kappa shape index (κ1) is 16.4. The molecule has 3 rings (SSSR count). The fourth-order valence-corrected chi connectivity index (χ4v) is 3.10. The third kappa shape index (κ3) is 4.10. The van der Waals surface area contributed by atoms with Gasteiger partial charge in [0.25, 0.3) is 0 Å². The molecule has 6 heteroatoms. The van der Waals surface area contributed by atoms with Gasteiger partial charge in [0.2, 0.25) is 11.8 Å². The lowest BCUT2D eigenvalue weighted by Crippen LogP contribution is -2.30. The van der Waals surface area contributed by atoms with Gasteiger partial charge in [-0.15, -0.1) is 11.3 Å². The zero-order chi connectivity index (χ0) is 16.8. The van der Waals surface area contributed by atoms with Crippen LogP contribution >= 0.6 is 11.3 Å². The fourth-order valence-electron chi connectivity index (χ4n) is 2.45. The van der Waals surface area contributed by atoms with E-state index < -0.39 is 0 Å². The molecule has 2 aromatic heterocycles. The van der Waals surface area contributed by atoms with E-state index in [1.165, 1.54) is 17.6 Å². The highest BCUT2D eigenvalue weighted by atomic mass is 32.1. The Hall–Kier alpha value is -2.44. The third-order valence-electron chi connectivity index (χ3n) is 3.58. The molecule has 3 aromatic rings. The molecule has 24 heavy (non-hydrogen) atoms. The Labute approximate surface area is 144 Å². The lowest BCUT2D eigenvalue weighted by atomic mass is 10.0. The first-order chi connectivity index (χ1) is 11.8. The van der Waals surface area contributed by atoms with Gasteiger partial charge in [-0.25, -0.2) is 4.98 Å². The molecule has 1 atom stereocenters. The van der Waals surface area contributed by atoms with Crippen molar-refractivity contribution in [2.24, 2.45) is 0 Å². The highest BCUT2D eigenvalue weighted by molar-refractivity contribution is 7.13. The summed E-state index contributed by atoms with van der Waals surface area (Å²) in [4.78, 5) is 17.6. The molecule has 0 aliphatic heterocycles. The van der Waals surface area contributed by atoms with Crippen LogP contribution in [0.5, 0.6) is 0 Å². The molecule has 0 saturated carbocycles. The van der Waals surface area contributed by atoms with Crippen molar-refractivity contribution < 1.29 is 14.3 Å². The number of benzene rings is 1. The van der Waals surface area contributed by atoms with E-state index in [1.807, 2.05) is 47.8 Å². The van der Waals surface area contributed by atoms with E-state index in [2.05, 4.69) is 10.3 Å². The molecule has 0 saturated heterocycles. The van der Waals surface area contributed by atoms with Crippen molar-refractivity contribution in [3.8, 4) is 10.8 Å². The SMILES string of the molecule is O=C(Cc1coc(-c2cccs2)n1)NC(CCO)c1ccccc1. The van der Waals surface area contributed by atoms with E-state index >= 15 is 0 Å². The highest BCUT2D eigenvalue weighted by Gasteiger charge is 2.16. The average molecular weight is 342 g/mol. The van der Waals surface area contributed by atoms with Crippen molar-refractivity contribution in [1.82, 2.24) is 10.3 Å². The van der Waals surface area contributed by atoms with Gasteiger partial charge in [0.15, 0.2) is 0 Å². The van der Waals surface area contributed by atoms with Crippen LogP contribution in [0.25, 0.3) is 10.8 Å². The van der Waals surface area contributed by atoms with Crippen molar-refractivity contribution in [3.05, 3.63) is 65.4 Å². The molecule has 2 heterocycles. The Morgan fingerprint density at radius 3 is 2.79 bits per heavy atom. The van der Waals surface area contributed by atoms with Crippen molar-refractivity contribution in [1.29, 1.82) is 0 Å². The van der Waals surface area contributed by atoms with Crippen molar-refractivity contribution in [3.63, 3.8) is 0 Å². The van der Waals surface area contributed by atoms with E-state index in [4.69, 9.17) is 4.42 Å². The zero-order valence-electron chi connectivity index (χ0n) is 13.0. The minimum atomic E-state index is -0.215. The highest BCUT2D eigenvalue weighted by Crippen LogP contribution is 2.24. The largest absolute Gasteiger partial charge is 0.444 e. The number of hydrogen-bond acceptors (Lipinski definition) is 5. The normalized spacial score (nSPS) is 12.0. The van der Waals surface area contributed by atoms with Gasteiger partial charge in [-0.1, -0.05) is 36.4 Å². The molecule has 1 unspecified atom stereocenters. The van der Waals surface area contributed by atoms with Gasteiger partial charge < -0.3 is 14.8 Å². The summed E-state index contributed by atoms with van der Waals surface area (Å²) in [6.45, 7) is 0.00628. The van der Waals surface area contributed by atoms with Gasteiger partial charge in [-0.2, -0.15) is 0 Å². The van der Waals surface area contributed by atoms with Crippen LogP contribution in [0.3, 0.4) is 0 Å².